The highest BCUT2D eigenvalue weighted by Gasteiger charge is 2.44. The van der Waals surface area contributed by atoms with E-state index < -0.39 is 30.6 Å². The number of anilines is 2. The van der Waals surface area contributed by atoms with Gasteiger partial charge in [-0.1, -0.05) is 0 Å². The highest BCUT2D eigenvalue weighted by molar-refractivity contribution is 5.69. The van der Waals surface area contributed by atoms with Crippen LogP contribution in [0.4, 0.5) is 25.3 Å². The number of rotatable bonds is 7. The third-order valence-electron chi connectivity index (χ3n) is 6.62. The minimum Gasteiger partial charge on any atom is -0.441 e. The molecule has 11 nitrogen and oxygen atoms in total. The summed E-state index contributed by atoms with van der Waals surface area (Å²) in [5, 5.41) is 12.8. The lowest BCUT2D eigenvalue weighted by molar-refractivity contribution is 0.0581. The number of carbonyl (C=O) groups excluding carboxylic acids is 1. The number of nitrogens with one attached hydrogen (secondary N) is 3. The molecule has 0 aromatic carbocycles. The third kappa shape index (κ3) is 4.52. The van der Waals surface area contributed by atoms with Gasteiger partial charge in [-0.2, -0.15) is 5.10 Å². The SMILES string of the molecule is CC1(NC(=O)O[C@H]2CO[C@@H](c3cc(Nc4nccc5nc(CN6CC(F)C6)cn45)n[nH]3)[C@H]2F)CC1. The summed E-state index contributed by atoms with van der Waals surface area (Å²) in [5.41, 5.74) is 1.66. The fourth-order valence-corrected chi connectivity index (χ4v) is 4.33. The minimum atomic E-state index is -1.54. The van der Waals surface area contributed by atoms with E-state index >= 15 is 4.39 Å². The van der Waals surface area contributed by atoms with Crippen molar-refractivity contribution in [2.24, 2.45) is 0 Å². The molecule has 1 aliphatic carbocycles. The monoisotopic (exact) mass is 488 g/mol. The smallest absolute Gasteiger partial charge is 0.408 e. The number of likely N-dealkylation sites (tertiary alicyclic amines) is 1. The Kier molecular flexibility index (Phi) is 5.33. The van der Waals surface area contributed by atoms with Gasteiger partial charge in [0.15, 0.2) is 18.1 Å². The topological polar surface area (TPSA) is 122 Å². The lowest BCUT2D eigenvalue weighted by atomic mass is 10.1. The van der Waals surface area contributed by atoms with Crippen LogP contribution >= 0.6 is 0 Å². The quantitative estimate of drug-likeness (QED) is 0.464. The van der Waals surface area contributed by atoms with Crippen LogP contribution in [0.3, 0.4) is 0 Å². The Morgan fingerprint density at radius 2 is 2.20 bits per heavy atom. The second kappa shape index (κ2) is 8.41. The van der Waals surface area contributed by atoms with Crippen LogP contribution in [0.15, 0.2) is 24.5 Å². The molecule has 0 spiro atoms. The van der Waals surface area contributed by atoms with E-state index in [1.807, 2.05) is 18.0 Å². The first-order valence-electron chi connectivity index (χ1n) is 11.6. The van der Waals surface area contributed by atoms with Crippen LogP contribution < -0.4 is 10.6 Å². The second-order valence-electron chi connectivity index (χ2n) is 9.68. The molecule has 3 aromatic rings. The average Bonchev–Trinajstić information content (AvgIpc) is 3.13. The number of hydrogen-bond donors (Lipinski definition) is 3. The van der Waals surface area contributed by atoms with Crippen molar-refractivity contribution < 1.29 is 23.0 Å². The predicted octanol–water partition coefficient (Wildman–Crippen LogP) is 2.41. The summed E-state index contributed by atoms with van der Waals surface area (Å²) in [6, 6.07) is 3.41. The predicted molar refractivity (Wildman–Crippen MR) is 120 cm³/mol. The summed E-state index contributed by atoms with van der Waals surface area (Å²) in [5.74, 6) is 0.889. The molecule has 35 heavy (non-hydrogen) atoms. The fraction of sp³-hybridized carbons (Fsp3) is 0.545. The van der Waals surface area contributed by atoms with Crippen LogP contribution in [0.1, 0.15) is 37.3 Å². The van der Waals surface area contributed by atoms with Gasteiger partial charge in [-0.25, -0.2) is 23.5 Å². The van der Waals surface area contributed by atoms with Crippen molar-refractivity contribution in [1.29, 1.82) is 0 Å². The van der Waals surface area contributed by atoms with Gasteiger partial charge in [-0.3, -0.25) is 14.4 Å². The zero-order chi connectivity index (χ0) is 24.2. The summed E-state index contributed by atoms with van der Waals surface area (Å²) in [6.07, 6.45) is 0.360. The number of amides is 1. The van der Waals surface area contributed by atoms with E-state index in [1.165, 1.54) is 0 Å². The van der Waals surface area contributed by atoms with E-state index in [1.54, 1.807) is 22.7 Å². The maximum atomic E-state index is 15.0. The van der Waals surface area contributed by atoms with Gasteiger partial charge < -0.3 is 20.1 Å². The molecule has 0 radical (unpaired) electrons. The molecule has 1 saturated carbocycles. The molecule has 2 saturated heterocycles. The van der Waals surface area contributed by atoms with Crippen molar-refractivity contribution in [1.82, 2.24) is 34.8 Å². The van der Waals surface area contributed by atoms with E-state index in [4.69, 9.17) is 9.47 Å². The fourth-order valence-electron chi connectivity index (χ4n) is 4.33. The molecular formula is C22H26F2N8O3. The number of alkyl halides is 2. The highest BCUT2D eigenvalue weighted by Crippen LogP contribution is 2.36. The number of fused-ring (bicyclic) bond motifs is 1. The number of H-pyrrole nitrogens is 1. The number of aromatic nitrogens is 5. The zero-order valence-electron chi connectivity index (χ0n) is 19.1. The summed E-state index contributed by atoms with van der Waals surface area (Å²) in [6.45, 7) is 3.27. The molecule has 6 rings (SSSR count). The van der Waals surface area contributed by atoms with Crippen molar-refractivity contribution in [2.75, 3.05) is 25.0 Å². The molecular weight excluding hydrogens is 462 g/mol. The zero-order valence-corrected chi connectivity index (χ0v) is 19.1. The van der Waals surface area contributed by atoms with Crippen LogP contribution in [-0.2, 0) is 16.0 Å². The standard InChI is InChI=1S/C22H26F2N8O3/c1-22(3-4-22)28-21(33)35-15-11-34-19(18(15)24)14-6-16(30-29-14)27-20-25-5-2-17-26-13(10-32(17)20)9-31-7-12(23)8-31/h2,5-6,10,12,15,18-19H,3-4,7-9,11H2,1H3,(H,28,33)(H2,25,27,29,30)/t15-,18-,19-/m0/s1. The molecule has 3 N–H and O–H groups in total. The van der Waals surface area contributed by atoms with E-state index in [-0.39, 0.29) is 12.1 Å². The average molecular weight is 488 g/mol. The van der Waals surface area contributed by atoms with Gasteiger partial charge in [0, 0.05) is 43.6 Å². The Hall–Kier alpha value is -3.32. The number of carbonyl (C=O) groups is 1. The van der Waals surface area contributed by atoms with Crippen molar-refractivity contribution in [3.8, 4) is 0 Å². The van der Waals surface area contributed by atoms with Crippen molar-refractivity contribution in [3.63, 3.8) is 0 Å². The first kappa shape index (κ1) is 22.2. The Balaban J connectivity index is 1.11. The highest BCUT2D eigenvalue weighted by atomic mass is 19.1. The van der Waals surface area contributed by atoms with Gasteiger partial charge in [0.25, 0.3) is 0 Å². The molecule has 3 aromatic heterocycles. The summed E-state index contributed by atoms with van der Waals surface area (Å²) in [7, 11) is 0. The first-order valence-corrected chi connectivity index (χ1v) is 11.6. The maximum absolute atomic E-state index is 15.0. The lowest BCUT2D eigenvalue weighted by Crippen LogP contribution is -2.47. The Labute approximate surface area is 199 Å². The van der Waals surface area contributed by atoms with Gasteiger partial charge in [0.2, 0.25) is 5.95 Å². The van der Waals surface area contributed by atoms with Gasteiger partial charge >= 0.3 is 6.09 Å². The van der Waals surface area contributed by atoms with Crippen LogP contribution in [0.25, 0.3) is 5.65 Å². The van der Waals surface area contributed by atoms with Crippen molar-refractivity contribution in [2.45, 2.75) is 56.4 Å². The number of halogens is 2. The molecule has 3 aliphatic rings. The van der Waals surface area contributed by atoms with Gasteiger partial charge in [0.05, 0.1) is 18.0 Å². The molecule has 5 heterocycles. The molecule has 13 heteroatoms. The van der Waals surface area contributed by atoms with Gasteiger partial charge in [0.1, 0.15) is 17.9 Å². The van der Waals surface area contributed by atoms with E-state index in [2.05, 4.69) is 30.8 Å². The molecule has 0 unspecified atom stereocenters. The summed E-state index contributed by atoms with van der Waals surface area (Å²) >= 11 is 0. The largest absolute Gasteiger partial charge is 0.441 e. The molecule has 3 atom stereocenters. The molecule has 1 amide bonds. The lowest BCUT2D eigenvalue weighted by Gasteiger charge is -2.33. The molecule has 0 bridgehead atoms. The minimum absolute atomic E-state index is 0.0450. The van der Waals surface area contributed by atoms with Gasteiger partial charge in [-0.15, -0.1) is 0 Å². The summed E-state index contributed by atoms with van der Waals surface area (Å²) < 4.78 is 40.7. The Morgan fingerprint density at radius 3 is 2.97 bits per heavy atom. The van der Waals surface area contributed by atoms with E-state index in [0.717, 1.165) is 18.5 Å². The van der Waals surface area contributed by atoms with Crippen LogP contribution in [0.5, 0.6) is 0 Å². The molecule has 2 aliphatic heterocycles. The van der Waals surface area contributed by atoms with E-state index in [0.29, 0.717) is 42.7 Å². The second-order valence-corrected chi connectivity index (χ2v) is 9.68. The summed E-state index contributed by atoms with van der Waals surface area (Å²) in [4.78, 5) is 22.9. The van der Waals surface area contributed by atoms with Crippen LogP contribution in [-0.4, -0.2) is 79.2 Å². The maximum Gasteiger partial charge on any atom is 0.408 e. The number of alkyl carbamates (subject to hydrolysis) is 1. The van der Waals surface area contributed by atoms with Crippen LogP contribution in [0, 0.1) is 0 Å². The first-order chi connectivity index (χ1) is 16.8. The molecule has 186 valence electrons. The van der Waals surface area contributed by atoms with Crippen molar-refractivity contribution >= 4 is 23.5 Å². The number of hydrogen-bond acceptors (Lipinski definition) is 8. The third-order valence-corrected chi connectivity index (χ3v) is 6.62. The number of imidazole rings is 1. The molecule has 3 fully saturated rings. The normalized spacial score (nSPS) is 26.0. The number of aromatic amines is 1. The number of ether oxygens (including phenoxy) is 2. The van der Waals surface area contributed by atoms with Crippen LogP contribution in [0.2, 0.25) is 0 Å². The van der Waals surface area contributed by atoms with Crippen molar-refractivity contribution in [3.05, 3.63) is 35.9 Å². The Morgan fingerprint density at radius 1 is 1.37 bits per heavy atom. The van der Waals surface area contributed by atoms with E-state index in [9.17, 15) is 9.18 Å². The van der Waals surface area contributed by atoms with Gasteiger partial charge in [-0.05, 0) is 25.8 Å². The number of nitrogens with zero attached hydrogens (tertiary/aromatic N) is 5. The Bertz CT molecular complexity index is 1240.